The van der Waals surface area contributed by atoms with Crippen LogP contribution in [0.5, 0.6) is 0 Å². The quantitative estimate of drug-likeness (QED) is 0.860. The Hall–Kier alpha value is -2.60. The molecule has 1 heterocycles. The first-order valence-corrected chi connectivity index (χ1v) is 7.47. The molecule has 0 bridgehead atoms. The van der Waals surface area contributed by atoms with Crippen LogP contribution in [0.15, 0.2) is 54.6 Å². The molecule has 3 rings (SSSR count). The second-order valence-corrected chi connectivity index (χ2v) is 5.25. The van der Waals surface area contributed by atoms with Crippen LogP contribution in [0.3, 0.4) is 0 Å². The Kier molecular flexibility index (Phi) is 4.73. The van der Waals surface area contributed by atoms with E-state index < -0.39 is 0 Å². The molecule has 0 aromatic heterocycles. The minimum absolute atomic E-state index is 0.119. The van der Waals surface area contributed by atoms with E-state index in [0.717, 1.165) is 11.3 Å². The van der Waals surface area contributed by atoms with Crippen LogP contribution in [0.25, 0.3) is 0 Å². The highest BCUT2D eigenvalue weighted by molar-refractivity contribution is 5.68. The summed E-state index contributed by atoms with van der Waals surface area (Å²) in [6, 6.07) is 15.9. The van der Waals surface area contributed by atoms with Gasteiger partial charge in [0.25, 0.3) is 0 Å². The van der Waals surface area contributed by atoms with E-state index in [1.807, 2.05) is 30.3 Å². The molecule has 2 aromatic carbocycles. The predicted octanol–water partition coefficient (Wildman–Crippen LogP) is 2.94. The van der Waals surface area contributed by atoms with E-state index in [-0.39, 0.29) is 18.0 Å². The zero-order valence-corrected chi connectivity index (χ0v) is 12.5. The average molecular weight is 315 g/mol. The van der Waals surface area contributed by atoms with Crippen molar-refractivity contribution in [1.82, 2.24) is 10.4 Å². The third-order valence-corrected chi connectivity index (χ3v) is 3.63. The molecule has 1 aliphatic heterocycles. The SMILES string of the molecule is O=C1OCCN1N[C@@H](CNc1ccc(F)cc1)c1ccccc1. The van der Waals surface area contributed by atoms with E-state index in [1.54, 1.807) is 12.1 Å². The second kappa shape index (κ2) is 7.11. The fourth-order valence-electron chi connectivity index (χ4n) is 2.41. The largest absolute Gasteiger partial charge is 0.447 e. The highest BCUT2D eigenvalue weighted by Crippen LogP contribution is 2.17. The van der Waals surface area contributed by atoms with Crippen molar-refractivity contribution in [3.63, 3.8) is 0 Å². The number of nitrogens with zero attached hydrogens (tertiary/aromatic N) is 1. The molecule has 0 saturated carbocycles. The van der Waals surface area contributed by atoms with Crippen LogP contribution in [0.2, 0.25) is 0 Å². The number of amides is 1. The molecule has 6 heteroatoms. The van der Waals surface area contributed by atoms with Crippen LogP contribution in [-0.2, 0) is 4.74 Å². The fraction of sp³-hybridized carbons (Fsp3) is 0.235. The van der Waals surface area contributed by atoms with E-state index in [0.29, 0.717) is 19.7 Å². The van der Waals surface area contributed by atoms with Crippen molar-refractivity contribution in [3.05, 3.63) is 66.0 Å². The van der Waals surface area contributed by atoms with Gasteiger partial charge in [0.05, 0.1) is 12.6 Å². The normalized spacial score (nSPS) is 15.3. The Bertz CT molecular complexity index is 649. The van der Waals surface area contributed by atoms with E-state index in [4.69, 9.17) is 4.74 Å². The first-order valence-electron chi connectivity index (χ1n) is 7.47. The fourth-order valence-corrected chi connectivity index (χ4v) is 2.41. The van der Waals surface area contributed by atoms with Gasteiger partial charge in [-0.3, -0.25) is 0 Å². The summed E-state index contributed by atoms with van der Waals surface area (Å²) in [4.78, 5) is 11.6. The van der Waals surface area contributed by atoms with Gasteiger partial charge in [0.2, 0.25) is 0 Å². The number of rotatable bonds is 6. The highest BCUT2D eigenvalue weighted by atomic mass is 19.1. The Balaban J connectivity index is 1.69. The van der Waals surface area contributed by atoms with Gasteiger partial charge in [-0.2, -0.15) is 0 Å². The zero-order valence-electron chi connectivity index (χ0n) is 12.5. The number of halogens is 1. The lowest BCUT2D eigenvalue weighted by molar-refractivity contribution is 0.139. The van der Waals surface area contributed by atoms with E-state index >= 15 is 0 Å². The van der Waals surface area contributed by atoms with Gasteiger partial charge in [0.1, 0.15) is 12.4 Å². The minimum Gasteiger partial charge on any atom is -0.447 e. The van der Waals surface area contributed by atoms with Crippen molar-refractivity contribution in [3.8, 4) is 0 Å². The van der Waals surface area contributed by atoms with E-state index in [9.17, 15) is 9.18 Å². The number of carbonyl (C=O) groups is 1. The summed E-state index contributed by atoms with van der Waals surface area (Å²) in [6.45, 7) is 1.44. The molecule has 1 fully saturated rings. The third-order valence-electron chi connectivity index (χ3n) is 3.63. The van der Waals surface area contributed by atoms with Gasteiger partial charge in [0.15, 0.2) is 0 Å². The van der Waals surface area contributed by atoms with Crippen LogP contribution in [0, 0.1) is 5.82 Å². The molecule has 0 radical (unpaired) electrons. The maximum absolute atomic E-state index is 13.0. The van der Waals surface area contributed by atoms with Crippen molar-refractivity contribution in [2.45, 2.75) is 6.04 Å². The van der Waals surface area contributed by atoms with Gasteiger partial charge in [-0.1, -0.05) is 30.3 Å². The third kappa shape index (κ3) is 3.98. The summed E-state index contributed by atoms with van der Waals surface area (Å²) < 4.78 is 17.9. The first-order chi connectivity index (χ1) is 11.2. The van der Waals surface area contributed by atoms with Crippen molar-refractivity contribution < 1.29 is 13.9 Å². The number of cyclic esters (lactones) is 1. The van der Waals surface area contributed by atoms with Crippen LogP contribution in [0.4, 0.5) is 14.9 Å². The number of anilines is 1. The number of ether oxygens (including phenoxy) is 1. The molecule has 2 aromatic rings. The number of hydrogen-bond acceptors (Lipinski definition) is 4. The van der Waals surface area contributed by atoms with Crippen LogP contribution < -0.4 is 10.7 Å². The standard InChI is InChI=1S/C17H18FN3O2/c18-14-6-8-15(9-7-14)19-12-16(13-4-2-1-3-5-13)20-21-10-11-23-17(21)22/h1-9,16,19-20H,10-12H2/t16-/m0/s1. The molecular weight excluding hydrogens is 297 g/mol. The van der Waals surface area contributed by atoms with Crippen LogP contribution >= 0.6 is 0 Å². The summed E-state index contributed by atoms with van der Waals surface area (Å²) in [6.07, 6.45) is -0.368. The molecule has 0 aliphatic carbocycles. The minimum atomic E-state index is -0.368. The number of carbonyl (C=O) groups excluding carboxylic acids is 1. The van der Waals surface area contributed by atoms with Crippen molar-refractivity contribution in [1.29, 1.82) is 0 Å². The smallest absolute Gasteiger partial charge is 0.424 e. The zero-order chi connectivity index (χ0) is 16.1. The molecular formula is C17H18FN3O2. The van der Waals surface area contributed by atoms with Gasteiger partial charge in [-0.25, -0.2) is 19.6 Å². The Morgan fingerprint density at radius 1 is 1.13 bits per heavy atom. The Morgan fingerprint density at radius 3 is 2.52 bits per heavy atom. The maximum Gasteiger partial charge on any atom is 0.424 e. The summed E-state index contributed by atoms with van der Waals surface area (Å²) in [5.74, 6) is -0.270. The summed E-state index contributed by atoms with van der Waals surface area (Å²) in [5.41, 5.74) is 5.05. The van der Waals surface area contributed by atoms with Crippen molar-refractivity contribution in [2.24, 2.45) is 0 Å². The van der Waals surface area contributed by atoms with E-state index in [2.05, 4.69) is 10.7 Å². The average Bonchev–Trinajstić information content (AvgIpc) is 2.98. The molecule has 2 N–H and O–H groups in total. The van der Waals surface area contributed by atoms with Crippen LogP contribution in [0.1, 0.15) is 11.6 Å². The van der Waals surface area contributed by atoms with Gasteiger partial charge >= 0.3 is 6.09 Å². The highest BCUT2D eigenvalue weighted by Gasteiger charge is 2.25. The monoisotopic (exact) mass is 315 g/mol. The topological polar surface area (TPSA) is 53.6 Å². The Morgan fingerprint density at radius 2 is 1.87 bits per heavy atom. The van der Waals surface area contributed by atoms with Gasteiger partial charge in [0, 0.05) is 12.2 Å². The first kappa shape index (κ1) is 15.3. The lowest BCUT2D eigenvalue weighted by Gasteiger charge is -2.25. The van der Waals surface area contributed by atoms with Crippen LogP contribution in [-0.4, -0.2) is 30.8 Å². The van der Waals surface area contributed by atoms with Gasteiger partial charge < -0.3 is 10.1 Å². The predicted molar refractivity (Wildman–Crippen MR) is 85.3 cm³/mol. The molecule has 120 valence electrons. The molecule has 23 heavy (non-hydrogen) atoms. The lowest BCUT2D eigenvalue weighted by Crippen LogP contribution is -2.43. The molecule has 1 saturated heterocycles. The van der Waals surface area contributed by atoms with Gasteiger partial charge in [-0.15, -0.1) is 0 Å². The molecule has 1 aliphatic rings. The lowest BCUT2D eigenvalue weighted by atomic mass is 10.1. The number of benzene rings is 2. The summed E-state index contributed by atoms with van der Waals surface area (Å²) in [5, 5.41) is 4.73. The molecule has 1 amide bonds. The second-order valence-electron chi connectivity index (χ2n) is 5.25. The van der Waals surface area contributed by atoms with Gasteiger partial charge in [-0.05, 0) is 29.8 Å². The molecule has 0 unspecified atom stereocenters. The Labute approximate surface area is 134 Å². The van der Waals surface area contributed by atoms with Crippen molar-refractivity contribution >= 4 is 11.8 Å². The summed E-state index contributed by atoms with van der Waals surface area (Å²) in [7, 11) is 0. The number of hydrazine groups is 1. The molecule has 1 atom stereocenters. The number of hydrogen-bond donors (Lipinski definition) is 2. The number of nitrogens with one attached hydrogen (secondary N) is 2. The maximum atomic E-state index is 13.0. The van der Waals surface area contributed by atoms with Crippen molar-refractivity contribution in [2.75, 3.05) is 25.0 Å². The molecule has 5 nitrogen and oxygen atoms in total. The molecule has 0 spiro atoms. The summed E-state index contributed by atoms with van der Waals surface area (Å²) >= 11 is 0. The van der Waals surface area contributed by atoms with E-state index in [1.165, 1.54) is 17.1 Å².